The van der Waals surface area contributed by atoms with E-state index in [2.05, 4.69) is 15.4 Å². The average molecular weight is 439 g/mol. The maximum atomic E-state index is 13.3. The van der Waals surface area contributed by atoms with Gasteiger partial charge in [-0.1, -0.05) is 12.1 Å². The highest BCUT2D eigenvalue weighted by Crippen LogP contribution is 2.34. The van der Waals surface area contributed by atoms with Gasteiger partial charge in [0.05, 0.1) is 16.7 Å². The zero-order valence-corrected chi connectivity index (χ0v) is 15.5. The summed E-state index contributed by atoms with van der Waals surface area (Å²) in [6.45, 7) is 1.29. The first-order valence-electron chi connectivity index (χ1n) is 8.44. The molecule has 0 unspecified atom stereocenters. The van der Waals surface area contributed by atoms with Gasteiger partial charge in [0.1, 0.15) is 11.6 Å². The van der Waals surface area contributed by atoms with Crippen LogP contribution in [0.1, 0.15) is 32.7 Å². The van der Waals surface area contributed by atoms with Crippen LogP contribution >= 0.6 is 0 Å². The standard InChI is InChI=1S/C19H11F6N5O/c1-10-8-14(19(23,24)25)12(9-26)16(27-10)30-7-6-15(29-30)28-17(31)11-4-2-3-5-13(11)18(20,21)22/h2-8H,1H3,(H,28,29,31). The zero-order chi connectivity index (χ0) is 23.0. The van der Waals surface area contributed by atoms with E-state index >= 15 is 0 Å². The number of anilines is 1. The molecule has 0 saturated heterocycles. The molecule has 0 aliphatic carbocycles. The Morgan fingerprint density at radius 2 is 1.71 bits per heavy atom. The molecule has 0 fully saturated rings. The van der Waals surface area contributed by atoms with E-state index in [0.717, 1.165) is 35.1 Å². The molecule has 3 rings (SSSR count). The van der Waals surface area contributed by atoms with Gasteiger partial charge in [0, 0.05) is 18.0 Å². The van der Waals surface area contributed by atoms with E-state index in [0.29, 0.717) is 6.07 Å². The van der Waals surface area contributed by atoms with E-state index in [1.807, 2.05) is 0 Å². The molecule has 2 aromatic heterocycles. The lowest BCUT2D eigenvalue weighted by atomic mass is 10.1. The van der Waals surface area contributed by atoms with Gasteiger partial charge in [0.2, 0.25) is 0 Å². The highest BCUT2D eigenvalue weighted by atomic mass is 19.4. The van der Waals surface area contributed by atoms with Crippen LogP contribution in [0.5, 0.6) is 0 Å². The summed E-state index contributed by atoms with van der Waals surface area (Å²) in [4.78, 5) is 16.2. The number of nitrogens with zero attached hydrogens (tertiary/aromatic N) is 4. The smallest absolute Gasteiger partial charge is 0.305 e. The second-order valence-electron chi connectivity index (χ2n) is 6.26. The van der Waals surface area contributed by atoms with Crippen molar-refractivity contribution in [3.8, 4) is 11.9 Å². The van der Waals surface area contributed by atoms with E-state index in [1.165, 1.54) is 19.1 Å². The largest absolute Gasteiger partial charge is 0.417 e. The van der Waals surface area contributed by atoms with E-state index in [9.17, 15) is 36.4 Å². The number of nitriles is 1. The molecular formula is C19H11F6N5O. The topological polar surface area (TPSA) is 83.6 Å². The van der Waals surface area contributed by atoms with Crippen molar-refractivity contribution >= 4 is 11.7 Å². The second kappa shape index (κ2) is 7.75. The van der Waals surface area contributed by atoms with Crippen LogP contribution < -0.4 is 5.32 Å². The van der Waals surface area contributed by atoms with Crippen LogP contribution in [0.25, 0.3) is 5.82 Å². The van der Waals surface area contributed by atoms with Gasteiger partial charge in [-0.3, -0.25) is 4.79 Å². The van der Waals surface area contributed by atoms with E-state index in [1.54, 1.807) is 0 Å². The Morgan fingerprint density at radius 3 is 2.32 bits per heavy atom. The molecule has 1 N–H and O–H groups in total. The van der Waals surface area contributed by atoms with Crippen molar-refractivity contribution in [2.24, 2.45) is 0 Å². The molecule has 2 heterocycles. The average Bonchev–Trinajstić information content (AvgIpc) is 3.14. The van der Waals surface area contributed by atoms with Crippen LogP contribution in [0.2, 0.25) is 0 Å². The third kappa shape index (κ3) is 4.50. The van der Waals surface area contributed by atoms with Crippen molar-refractivity contribution in [3.05, 3.63) is 70.5 Å². The second-order valence-corrected chi connectivity index (χ2v) is 6.26. The lowest BCUT2D eigenvalue weighted by Gasteiger charge is -2.13. The number of hydrogen-bond acceptors (Lipinski definition) is 4. The maximum absolute atomic E-state index is 13.3. The van der Waals surface area contributed by atoms with Crippen LogP contribution in [0, 0.1) is 18.3 Å². The lowest BCUT2D eigenvalue weighted by Crippen LogP contribution is -2.19. The van der Waals surface area contributed by atoms with Crippen LogP contribution in [-0.4, -0.2) is 20.7 Å². The summed E-state index contributed by atoms with van der Waals surface area (Å²) in [6, 6.07) is 7.38. The molecule has 31 heavy (non-hydrogen) atoms. The number of rotatable bonds is 3. The normalized spacial score (nSPS) is 11.8. The highest BCUT2D eigenvalue weighted by molar-refractivity contribution is 6.04. The fraction of sp³-hybridized carbons (Fsp3) is 0.158. The Labute approximate surface area is 170 Å². The quantitative estimate of drug-likeness (QED) is 0.598. The molecule has 0 aliphatic rings. The molecule has 3 aromatic rings. The number of aromatic nitrogens is 3. The number of hydrogen-bond donors (Lipinski definition) is 1. The molecule has 0 spiro atoms. The van der Waals surface area contributed by atoms with Gasteiger partial charge in [0.15, 0.2) is 11.6 Å². The number of pyridine rings is 1. The first-order valence-corrected chi connectivity index (χ1v) is 8.44. The van der Waals surface area contributed by atoms with Crippen molar-refractivity contribution in [2.75, 3.05) is 5.32 Å². The number of carbonyl (C=O) groups is 1. The number of carbonyl (C=O) groups excluding carboxylic acids is 1. The number of halogens is 6. The van der Waals surface area contributed by atoms with Crippen LogP contribution in [0.4, 0.5) is 32.2 Å². The Hall–Kier alpha value is -3.88. The third-order valence-corrected chi connectivity index (χ3v) is 4.07. The number of aryl methyl sites for hydroxylation is 1. The zero-order valence-electron chi connectivity index (χ0n) is 15.5. The van der Waals surface area contributed by atoms with Crippen molar-refractivity contribution in [2.45, 2.75) is 19.3 Å². The molecule has 1 amide bonds. The van der Waals surface area contributed by atoms with Crippen molar-refractivity contribution in [3.63, 3.8) is 0 Å². The van der Waals surface area contributed by atoms with Gasteiger partial charge in [-0.2, -0.15) is 31.6 Å². The maximum Gasteiger partial charge on any atom is 0.417 e. The predicted octanol–water partition coefficient (Wildman–Crippen LogP) is 4.74. The van der Waals surface area contributed by atoms with Crippen LogP contribution in [0.15, 0.2) is 42.6 Å². The fourth-order valence-corrected chi connectivity index (χ4v) is 2.78. The molecule has 160 valence electrons. The fourth-order valence-electron chi connectivity index (χ4n) is 2.78. The molecule has 0 aliphatic heterocycles. The van der Waals surface area contributed by atoms with Gasteiger partial charge >= 0.3 is 12.4 Å². The molecular weight excluding hydrogens is 428 g/mol. The van der Waals surface area contributed by atoms with E-state index < -0.39 is 46.3 Å². The van der Waals surface area contributed by atoms with Gasteiger partial charge in [0.25, 0.3) is 5.91 Å². The Bertz CT molecular complexity index is 1190. The Kier molecular flexibility index (Phi) is 5.45. The first-order chi connectivity index (χ1) is 14.4. The summed E-state index contributed by atoms with van der Waals surface area (Å²) in [6.07, 6.45) is -8.47. The van der Waals surface area contributed by atoms with Crippen LogP contribution in [0.3, 0.4) is 0 Å². The van der Waals surface area contributed by atoms with Gasteiger partial charge < -0.3 is 5.32 Å². The Morgan fingerprint density at radius 1 is 1.06 bits per heavy atom. The first kappa shape index (κ1) is 21.8. The monoisotopic (exact) mass is 439 g/mol. The molecule has 0 bridgehead atoms. The minimum Gasteiger partial charge on any atom is -0.305 e. The molecule has 0 saturated carbocycles. The van der Waals surface area contributed by atoms with Gasteiger partial charge in [-0.15, -0.1) is 5.10 Å². The third-order valence-electron chi connectivity index (χ3n) is 4.07. The Balaban J connectivity index is 1.97. The molecule has 0 radical (unpaired) electrons. The summed E-state index contributed by atoms with van der Waals surface area (Å²) in [7, 11) is 0. The van der Waals surface area contributed by atoms with E-state index in [4.69, 9.17) is 0 Å². The van der Waals surface area contributed by atoms with Crippen molar-refractivity contribution in [1.29, 1.82) is 5.26 Å². The molecule has 6 nitrogen and oxygen atoms in total. The number of amides is 1. The SMILES string of the molecule is Cc1cc(C(F)(F)F)c(C#N)c(-n2ccc(NC(=O)c3ccccc3C(F)(F)F)n2)n1. The summed E-state index contributed by atoms with van der Waals surface area (Å²) in [5.41, 5.74) is -3.86. The van der Waals surface area contributed by atoms with Crippen molar-refractivity contribution in [1.82, 2.24) is 14.8 Å². The minimum absolute atomic E-state index is 0.0403. The van der Waals surface area contributed by atoms with Gasteiger partial charge in [-0.25, -0.2) is 9.67 Å². The minimum atomic E-state index is -4.82. The predicted molar refractivity (Wildman–Crippen MR) is 95.2 cm³/mol. The summed E-state index contributed by atoms with van der Waals surface area (Å²) in [5.74, 6) is -1.80. The molecule has 1 aromatic carbocycles. The lowest BCUT2D eigenvalue weighted by molar-refractivity contribution is -0.138. The van der Waals surface area contributed by atoms with E-state index in [-0.39, 0.29) is 11.5 Å². The van der Waals surface area contributed by atoms with Crippen LogP contribution in [-0.2, 0) is 12.4 Å². The molecule has 0 atom stereocenters. The summed E-state index contributed by atoms with van der Waals surface area (Å²) in [5, 5.41) is 15.2. The summed E-state index contributed by atoms with van der Waals surface area (Å²) < 4.78 is 79.9. The molecule has 12 heteroatoms. The van der Waals surface area contributed by atoms with Crippen molar-refractivity contribution < 1.29 is 31.1 Å². The number of benzene rings is 1. The van der Waals surface area contributed by atoms with Gasteiger partial charge in [-0.05, 0) is 25.1 Å². The highest BCUT2D eigenvalue weighted by Gasteiger charge is 2.36. The summed E-state index contributed by atoms with van der Waals surface area (Å²) >= 11 is 0. The number of nitrogens with one attached hydrogen (secondary N) is 1. The number of alkyl halides is 6.